The predicted octanol–water partition coefficient (Wildman–Crippen LogP) is 11.8. The molecule has 0 radical (unpaired) electrons. The quantitative estimate of drug-likeness (QED) is 0.163. The summed E-state index contributed by atoms with van der Waals surface area (Å²) in [5.41, 5.74) is 2.67. The van der Waals surface area contributed by atoms with Crippen molar-refractivity contribution in [3.8, 4) is 17.7 Å². The number of nitriles is 1. The number of aliphatic imine (C=N–C) groups is 1. The van der Waals surface area contributed by atoms with Gasteiger partial charge in [0.1, 0.15) is 22.7 Å². The molecule has 2 fully saturated rings. The molecule has 0 saturated heterocycles. The van der Waals surface area contributed by atoms with E-state index in [1.807, 2.05) is 42.6 Å². The summed E-state index contributed by atoms with van der Waals surface area (Å²) >= 11 is 6.91. The third kappa shape index (κ3) is 10.1. The van der Waals surface area contributed by atoms with Crippen molar-refractivity contribution < 1.29 is 14.3 Å². The normalized spacial score (nSPS) is 26.6. The van der Waals surface area contributed by atoms with Gasteiger partial charge in [-0.15, -0.1) is 0 Å². The van der Waals surface area contributed by atoms with Crippen molar-refractivity contribution in [3.05, 3.63) is 63.0 Å². The van der Waals surface area contributed by atoms with Crippen LogP contribution in [0.3, 0.4) is 0 Å². The molecule has 6 rings (SSSR count). The maximum atomic E-state index is 12.5. The zero-order chi connectivity index (χ0) is 36.4. The summed E-state index contributed by atoms with van der Waals surface area (Å²) in [6.07, 6.45) is 9.63. The Bertz CT molecular complexity index is 1670. The molecule has 2 aromatic rings. The third-order valence-electron chi connectivity index (χ3n) is 10.3. The average molecular weight is 812 g/mol. The molecule has 0 amide bonds. The van der Waals surface area contributed by atoms with Crippen LogP contribution in [0.15, 0.2) is 61.6 Å². The van der Waals surface area contributed by atoms with Gasteiger partial charge in [0.25, 0.3) is 0 Å². The maximum absolute atomic E-state index is 12.5. The summed E-state index contributed by atoms with van der Waals surface area (Å²) in [6, 6.07) is 11.7. The summed E-state index contributed by atoms with van der Waals surface area (Å²) in [7, 11) is -1.21. The topological polar surface area (TPSA) is 84.0 Å². The number of ether oxygens (including phenoxy) is 2. The van der Waals surface area contributed by atoms with Gasteiger partial charge in [0.05, 0.1) is 17.7 Å². The van der Waals surface area contributed by atoms with Crippen molar-refractivity contribution >= 4 is 57.5 Å². The molecule has 2 spiro atoms. The summed E-state index contributed by atoms with van der Waals surface area (Å²) in [4.78, 5) is 16.5. The number of hydrogen-bond acceptors (Lipinski definition) is 6. The largest absolute Gasteiger partial charge is 0.486 e. The Labute approximate surface area is 312 Å². The van der Waals surface area contributed by atoms with E-state index in [1.54, 1.807) is 0 Å². The Kier molecular flexibility index (Phi) is 12.0. The maximum Gasteiger partial charge on any atom is 0.205 e. The highest BCUT2D eigenvalue weighted by Crippen LogP contribution is 2.52. The Morgan fingerprint density at radius 2 is 1.31 bits per heavy atom. The lowest BCUT2D eigenvalue weighted by atomic mass is 9.78. The van der Waals surface area contributed by atoms with Gasteiger partial charge in [-0.2, -0.15) is 10.3 Å². The lowest BCUT2D eigenvalue weighted by molar-refractivity contribution is 0.0376. The monoisotopic (exact) mass is 809 g/mol. The van der Waals surface area contributed by atoms with Crippen molar-refractivity contribution in [1.82, 2.24) is 0 Å². The molecular formula is C40H53Br2N3O3Si. The SMILES string of the molecule is C=C=N[Si](C)(C)C.CC(C)(C)C1CCC2(CC(=NC#N)c3cc(Br)ccc3O2)C1.CC(C)(C)C1CCC2(CC(=O)c3cc(Br)ccc3O2)C1. The van der Waals surface area contributed by atoms with E-state index in [1.165, 1.54) is 6.42 Å². The number of hydrogen-bond donors (Lipinski definition) is 0. The Hall–Kier alpha value is -2.50. The van der Waals surface area contributed by atoms with Gasteiger partial charge in [-0.1, -0.05) is 73.4 Å². The van der Waals surface area contributed by atoms with E-state index in [9.17, 15) is 4.79 Å². The number of ketones is 1. The second kappa shape index (κ2) is 15.0. The molecule has 2 aliphatic carbocycles. The lowest BCUT2D eigenvalue weighted by Crippen LogP contribution is -2.40. The smallest absolute Gasteiger partial charge is 0.205 e. The molecule has 0 N–H and O–H groups in total. The first-order chi connectivity index (χ1) is 22.7. The fourth-order valence-corrected chi connectivity index (χ4v) is 8.71. The zero-order valence-corrected chi connectivity index (χ0v) is 35.0. The van der Waals surface area contributed by atoms with Crippen molar-refractivity contribution in [2.75, 3.05) is 0 Å². The molecule has 2 aliphatic heterocycles. The van der Waals surface area contributed by atoms with Crippen LogP contribution in [0.25, 0.3) is 0 Å². The van der Waals surface area contributed by atoms with E-state index in [-0.39, 0.29) is 22.4 Å². The number of carbonyl (C=O) groups excluding carboxylic acids is 1. The minimum absolute atomic E-state index is 0.186. The van der Waals surface area contributed by atoms with Gasteiger partial charge in [-0.3, -0.25) is 9.45 Å². The van der Waals surface area contributed by atoms with Crippen LogP contribution < -0.4 is 9.47 Å². The second-order valence-corrected chi connectivity index (χ2v) is 23.7. The van der Waals surface area contributed by atoms with E-state index in [0.717, 1.165) is 75.8 Å². The molecule has 6 nitrogen and oxygen atoms in total. The number of halogens is 2. The number of rotatable bonds is 1. The molecule has 264 valence electrons. The number of nitrogens with zero attached hydrogens (tertiary/aromatic N) is 3. The number of carbonyl (C=O) groups is 1. The molecule has 2 heterocycles. The van der Waals surface area contributed by atoms with Gasteiger partial charge < -0.3 is 9.47 Å². The number of benzene rings is 2. The molecule has 2 saturated carbocycles. The molecule has 49 heavy (non-hydrogen) atoms. The molecule has 4 atom stereocenters. The van der Waals surface area contributed by atoms with Crippen molar-refractivity contribution in [3.63, 3.8) is 0 Å². The number of fused-ring (bicyclic) bond motifs is 2. The van der Waals surface area contributed by atoms with E-state index in [2.05, 4.69) is 115 Å². The average Bonchev–Trinajstić information content (AvgIpc) is 3.59. The predicted molar refractivity (Wildman–Crippen MR) is 211 cm³/mol. The fourth-order valence-electron chi connectivity index (χ4n) is 7.52. The second-order valence-electron chi connectivity index (χ2n) is 17.3. The van der Waals surface area contributed by atoms with Crippen LogP contribution in [0, 0.1) is 34.1 Å². The van der Waals surface area contributed by atoms with Crippen LogP contribution in [0.1, 0.15) is 109 Å². The molecule has 2 aromatic carbocycles. The van der Waals surface area contributed by atoms with Crippen molar-refractivity contribution in [1.29, 1.82) is 5.26 Å². The summed E-state index contributed by atoms with van der Waals surface area (Å²) in [6.45, 7) is 23.6. The van der Waals surface area contributed by atoms with Gasteiger partial charge in [-0.05, 0) is 130 Å². The summed E-state index contributed by atoms with van der Waals surface area (Å²) in [5.74, 6) is 5.67. The van der Waals surface area contributed by atoms with Crippen LogP contribution in [0.5, 0.6) is 11.5 Å². The first-order valence-electron chi connectivity index (χ1n) is 17.4. The van der Waals surface area contributed by atoms with Gasteiger partial charge >= 0.3 is 0 Å². The van der Waals surface area contributed by atoms with Gasteiger partial charge in [0, 0.05) is 20.9 Å². The molecule has 0 bridgehead atoms. The van der Waals surface area contributed by atoms with Crippen LogP contribution >= 0.6 is 31.9 Å². The van der Waals surface area contributed by atoms with E-state index >= 15 is 0 Å². The van der Waals surface area contributed by atoms with Crippen LogP contribution in [-0.4, -0.2) is 36.8 Å². The van der Waals surface area contributed by atoms with Crippen LogP contribution in [0.4, 0.5) is 0 Å². The van der Waals surface area contributed by atoms with Crippen molar-refractivity contribution in [2.24, 2.45) is 32.3 Å². The highest BCUT2D eigenvalue weighted by molar-refractivity contribution is 9.10. The van der Waals surface area contributed by atoms with Crippen molar-refractivity contribution in [2.45, 2.75) is 124 Å². The van der Waals surface area contributed by atoms with E-state index in [4.69, 9.17) is 14.7 Å². The molecule has 9 heteroatoms. The summed E-state index contributed by atoms with van der Waals surface area (Å²) < 4.78 is 18.7. The standard InChI is InChI=1S/C18H21BrN2O.C17H21BrO2.C5H11NSi/c1-17(2,3)12-6-7-18(9-12)10-15(21-11-20)14-8-13(19)4-5-16(14)22-18;1-16(2,3)11-6-7-17(9-11)10-14(19)13-8-12(18)4-5-15(13)20-17;1-5-6-7(2,3)4/h4-5,8,12H,6-7,9-10H2,1-3H3;4-5,8,11H,6-7,9-10H2,1-3H3;1H2,2-4H3. The van der Waals surface area contributed by atoms with Gasteiger partial charge in [0.15, 0.2) is 14.0 Å². The van der Waals surface area contributed by atoms with Crippen LogP contribution in [-0.2, 0) is 0 Å². The Morgan fingerprint density at radius 3 is 1.71 bits per heavy atom. The minimum atomic E-state index is -1.21. The third-order valence-corrected chi connectivity index (χ3v) is 12.1. The lowest BCUT2D eigenvalue weighted by Gasteiger charge is -2.37. The fraction of sp³-hybridized carbons (Fsp3) is 0.575. The van der Waals surface area contributed by atoms with E-state index in [0.29, 0.717) is 23.7 Å². The first-order valence-corrected chi connectivity index (χ1v) is 22.4. The number of Topliss-reactive ketones (excluding diaryl/α,β-unsaturated/α-hetero) is 1. The van der Waals surface area contributed by atoms with E-state index < -0.39 is 8.24 Å². The highest BCUT2D eigenvalue weighted by atomic mass is 79.9. The molecule has 4 unspecified atom stereocenters. The first kappa shape index (κ1) is 39.3. The minimum Gasteiger partial charge on any atom is -0.486 e. The Morgan fingerprint density at radius 1 is 0.837 bits per heavy atom. The molecule has 4 aliphatic rings. The van der Waals surface area contributed by atoms with Gasteiger partial charge in [0.2, 0.25) is 6.19 Å². The van der Waals surface area contributed by atoms with Crippen LogP contribution in [0.2, 0.25) is 19.6 Å². The summed E-state index contributed by atoms with van der Waals surface area (Å²) in [5, 5.41) is 9.04. The van der Waals surface area contributed by atoms with Gasteiger partial charge in [-0.25, -0.2) is 0 Å². The highest BCUT2D eigenvalue weighted by Gasteiger charge is 2.49. The zero-order valence-electron chi connectivity index (χ0n) is 30.8. The Balaban J connectivity index is 0.000000186. The molecule has 0 aromatic heterocycles. The molecular weight excluding hydrogens is 758 g/mol.